The highest BCUT2D eigenvalue weighted by Crippen LogP contribution is 2.14. The summed E-state index contributed by atoms with van der Waals surface area (Å²) in [6.07, 6.45) is 3.64. The summed E-state index contributed by atoms with van der Waals surface area (Å²) in [7, 11) is 1.88. The predicted octanol–water partition coefficient (Wildman–Crippen LogP) is 2.92. The van der Waals surface area contributed by atoms with Crippen LogP contribution in [0.2, 0.25) is 0 Å². The molecule has 2 rings (SSSR count). The molecule has 0 aliphatic carbocycles. The highest BCUT2D eigenvalue weighted by molar-refractivity contribution is 7.09. The van der Waals surface area contributed by atoms with Crippen LogP contribution >= 0.6 is 11.3 Å². The van der Waals surface area contributed by atoms with Gasteiger partial charge in [0.2, 0.25) is 0 Å². The highest BCUT2D eigenvalue weighted by atomic mass is 32.1. The Morgan fingerprint density at radius 1 is 1.50 bits per heavy atom. The third-order valence-corrected chi connectivity index (χ3v) is 3.59. The third kappa shape index (κ3) is 2.71. The van der Waals surface area contributed by atoms with E-state index in [9.17, 15) is 4.79 Å². The van der Waals surface area contributed by atoms with E-state index in [-0.39, 0.29) is 5.91 Å². The number of carbonyl (C=O) groups excluding carboxylic acids is 1. The Bertz CT molecular complexity index is 528. The van der Waals surface area contributed by atoms with Crippen molar-refractivity contribution in [3.63, 3.8) is 0 Å². The maximum Gasteiger partial charge on any atom is 0.271 e. The van der Waals surface area contributed by atoms with Crippen molar-refractivity contribution in [3.05, 3.63) is 59.1 Å². The van der Waals surface area contributed by atoms with Crippen LogP contribution in [0.4, 0.5) is 0 Å². The average Bonchev–Trinajstić information content (AvgIpc) is 2.99. The third-order valence-electron chi connectivity index (χ3n) is 2.73. The van der Waals surface area contributed by atoms with Crippen LogP contribution in [0.1, 0.15) is 15.4 Å². The first kappa shape index (κ1) is 12.6. The number of aryl methyl sites for hydroxylation is 1. The Morgan fingerprint density at radius 3 is 2.89 bits per heavy atom. The molecule has 0 aromatic carbocycles. The first-order valence-electron chi connectivity index (χ1n) is 5.76. The van der Waals surface area contributed by atoms with Gasteiger partial charge in [-0.2, -0.15) is 0 Å². The fraction of sp³-hybridized carbons (Fsp3) is 0.214. The van der Waals surface area contributed by atoms with Gasteiger partial charge < -0.3 is 9.47 Å². The summed E-state index contributed by atoms with van der Waals surface area (Å²) >= 11 is 1.66. The molecule has 0 radical (unpaired) electrons. The van der Waals surface area contributed by atoms with E-state index in [4.69, 9.17) is 0 Å². The molecule has 0 saturated heterocycles. The molecule has 0 atom stereocenters. The van der Waals surface area contributed by atoms with Crippen LogP contribution < -0.4 is 0 Å². The number of hydrogen-bond donors (Lipinski definition) is 0. The normalized spacial score (nSPS) is 10.3. The second-order valence-corrected chi connectivity index (χ2v) is 5.09. The van der Waals surface area contributed by atoms with Crippen molar-refractivity contribution in [1.29, 1.82) is 0 Å². The van der Waals surface area contributed by atoms with E-state index < -0.39 is 0 Å². The maximum absolute atomic E-state index is 12.4. The lowest BCUT2D eigenvalue weighted by Crippen LogP contribution is -2.31. The smallest absolute Gasteiger partial charge is 0.271 e. The Labute approximate surface area is 111 Å². The Kier molecular flexibility index (Phi) is 3.99. The van der Waals surface area contributed by atoms with Gasteiger partial charge in [0.25, 0.3) is 5.91 Å². The van der Waals surface area contributed by atoms with Gasteiger partial charge in [-0.1, -0.05) is 12.1 Å². The number of carbonyl (C=O) groups is 1. The number of rotatable bonds is 5. The van der Waals surface area contributed by atoms with Gasteiger partial charge in [-0.05, 0) is 23.6 Å². The number of thiophene rings is 1. The van der Waals surface area contributed by atoms with Crippen molar-refractivity contribution in [2.24, 2.45) is 7.05 Å². The molecule has 4 heteroatoms. The summed E-state index contributed by atoms with van der Waals surface area (Å²) < 4.78 is 1.84. The van der Waals surface area contributed by atoms with Crippen LogP contribution in [-0.2, 0) is 13.6 Å². The van der Waals surface area contributed by atoms with Crippen molar-refractivity contribution in [2.75, 3.05) is 6.54 Å². The average molecular weight is 260 g/mol. The maximum atomic E-state index is 12.4. The molecule has 0 spiro atoms. The molecule has 0 N–H and O–H groups in total. The highest BCUT2D eigenvalue weighted by Gasteiger charge is 2.17. The summed E-state index contributed by atoms with van der Waals surface area (Å²) in [4.78, 5) is 15.4. The van der Waals surface area contributed by atoms with Gasteiger partial charge in [-0.25, -0.2) is 0 Å². The van der Waals surface area contributed by atoms with E-state index in [0.717, 1.165) is 0 Å². The van der Waals surface area contributed by atoms with Gasteiger partial charge in [-0.3, -0.25) is 4.79 Å². The fourth-order valence-electron chi connectivity index (χ4n) is 1.81. The topological polar surface area (TPSA) is 25.2 Å². The van der Waals surface area contributed by atoms with Gasteiger partial charge in [0, 0.05) is 24.7 Å². The lowest BCUT2D eigenvalue weighted by Gasteiger charge is -2.20. The predicted molar refractivity (Wildman–Crippen MR) is 74.7 cm³/mol. The number of nitrogens with zero attached hydrogens (tertiary/aromatic N) is 2. The summed E-state index contributed by atoms with van der Waals surface area (Å²) in [5.74, 6) is 0.0378. The lowest BCUT2D eigenvalue weighted by atomic mass is 10.3. The van der Waals surface area contributed by atoms with Crippen LogP contribution in [-0.4, -0.2) is 21.9 Å². The van der Waals surface area contributed by atoms with E-state index in [2.05, 4.69) is 6.58 Å². The van der Waals surface area contributed by atoms with Gasteiger partial charge in [0.15, 0.2) is 0 Å². The molecular formula is C14H16N2OS. The first-order valence-corrected chi connectivity index (χ1v) is 6.64. The van der Waals surface area contributed by atoms with Gasteiger partial charge in [0.1, 0.15) is 5.69 Å². The number of amides is 1. The first-order chi connectivity index (χ1) is 8.72. The van der Waals surface area contributed by atoms with Crippen molar-refractivity contribution in [1.82, 2.24) is 9.47 Å². The quantitative estimate of drug-likeness (QED) is 0.759. The van der Waals surface area contributed by atoms with Crippen LogP contribution in [0.25, 0.3) is 0 Å². The second-order valence-electron chi connectivity index (χ2n) is 4.06. The van der Waals surface area contributed by atoms with Gasteiger partial charge in [0.05, 0.1) is 6.54 Å². The minimum absolute atomic E-state index is 0.0378. The SMILES string of the molecule is C=CCN(Cc1cccs1)C(=O)c1cccn1C. The molecule has 0 bridgehead atoms. The van der Waals surface area contributed by atoms with E-state index in [1.807, 2.05) is 47.5 Å². The summed E-state index contributed by atoms with van der Waals surface area (Å²) in [6, 6.07) is 7.76. The van der Waals surface area contributed by atoms with Gasteiger partial charge in [-0.15, -0.1) is 17.9 Å². The zero-order valence-electron chi connectivity index (χ0n) is 10.4. The molecular weight excluding hydrogens is 244 g/mol. The van der Waals surface area contributed by atoms with Crippen LogP contribution in [0.5, 0.6) is 0 Å². The molecule has 2 aromatic rings. The standard InChI is InChI=1S/C14H16N2OS/c1-3-8-16(11-12-6-5-10-18-12)14(17)13-7-4-9-15(13)2/h3-7,9-10H,1,8,11H2,2H3. The zero-order chi connectivity index (χ0) is 13.0. The number of aromatic nitrogens is 1. The summed E-state index contributed by atoms with van der Waals surface area (Å²) in [5, 5.41) is 2.02. The van der Waals surface area contributed by atoms with E-state index >= 15 is 0 Å². The second kappa shape index (κ2) is 5.69. The minimum atomic E-state index is 0.0378. The molecule has 0 unspecified atom stereocenters. The lowest BCUT2D eigenvalue weighted by molar-refractivity contribution is 0.0754. The van der Waals surface area contributed by atoms with E-state index in [1.165, 1.54) is 4.88 Å². The van der Waals surface area contributed by atoms with Crippen molar-refractivity contribution >= 4 is 17.2 Å². The van der Waals surface area contributed by atoms with Crippen LogP contribution in [0.3, 0.4) is 0 Å². The molecule has 94 valence electrons. The van der Waals surface area contributed by atoms with E-state index in [1.54, 1.807) is 22.3 Å². The molecule has 0 aliphatic heterocycles. The molecule has 1 amide bonds. The van der Waals surface area contributed by atoms with Crippen LogP contribution in [0, 0.1) is 0 Å². The largest absolute Gasteiger partial charge is 0.347 e. The Morgan fingerprint density at radius 2 is 2.33 bits per heavy atom. The summed E-state index contributed by atoms with van der Waals surface area (Å²) in [5.41, 5.74) is 0.702. The monoisotopic (exact) mass is 260 g/mol. The van der Waals surface area contributed by atoms with Crippen LogP contribution in [0.15, 0.2) is 48.5 Å². The fourth-order valence-corrected chi connectivity index (χ4v) is 2.53. The van der Waals surface area contributed by atoms with Crippen molar-refractivity contribution in [3.8, 4) is 0 Å². The molecule has 3 nitrogen and oxygen atoms in total. The Balaban J connectivity index is 2.17. The van der Waals surface area contributed by atoms with Gasteiger partial charge >= 0.3 is 0 Å². The number of hydrogen-bond acceptors (Lipinski definition) is 2. The molecule has 2 aromatic heterocycles. The molecule has 0 aliphatic rings. The van der Waals surface area contributed by atoms with Crippen molar-refractivity contribution in [2.45, 2.75) is 6.54 Å². The van der Waals surface area contributed by atoms with Crippen molar-refractivity contribution < 1.29 is 4.79 Å². The molecule has 0 saturated carbocycles. The van der Waals surface area contributed by atoms with E-state index in [0.29, 0.717) is 18.8 Å². The zero-order valence-corrected chi connectivity index (χ0v) is 11.2. The summed E-state index contributed by atoms with van der Waals surface area (Å²) in [6.45, 7) is 4.91. The molecule has 2 heterocycles. The Hall–Kier alpha value is -1.81. The minimum Gasteiger partial charge on any atom is -0.347 e. The molecule has 0 fully saturated rings. The molecule has 18 heavy (non-hydrogen) atoms.